The Labute approximate surface area is 162 Å². The van der Waals surface area contributed by atoms with Crippen LogP contribution in [0, 0.1) is 0 Å². The van der Waals surface area contributed by atoms with Gasteiger partial charge in [-0.1, -0.05) is 43.3 Å². The Bertz CT molecular complexity index is 934. The Morgan fingerprint density at radius 1 is 1.11 bits per heavy atom. The Hall–Kier alpha value is -2.80. The number of fused-ring (bicyclic) bond motifs is 3. The second kappa shape index (κ2) is 7.84. The van der Waals surface area contributed by atoms with Gasteiger partial charge in [0.05, 0.1) is 0 Å². The van der Waals surface area contributed by atoms with Crippen molar-refractivity contribution in [3.05, 3.63) is 54.1 Å². The number of nitrogens with zero attached hydrogens (tertiary/aromatic N) is 3. The number of rotatable bonds is 5. The third-order valence-corrected chi connectivity index (χ3v) is 5.18. The summed E-state index contributed by atoms with van der Waals surface area (Å²) < 4.78 is 6.19. The molecule has 138 valence electrons. The van der Waals surface area contributed by atoms with Gasteiger partial charge in [-0.3, -0.25) is 0 Å². The highest BCUT2D eigenvalue weighted by Crippen LogP contribution is 2.39. The molecule has 1 atom stereocenters. The maximum atomic E-state index is 9.57. The number of nitrogens with one attached hydrogen (secondary N) is 1. The third kappa shape index (κ3) is 3.83. The standard InChI is InChI=1S/C20H20N4O2S/c1-2-3-12-27-20-22-19-17(23-24-20)15-6-4-5-7-16(15)21-18(26-19)13-8-10-14(25)11-9-13/h4-11,18,21,25H,2-3,12H2,1H3/t18-/m0/s1. The lowest BCUT2D eigenvalue weighted by Gasteiger charge is -2.19. The average molecular weight is 380 g/mol. The van der Waals surface area contributed by atoms with Crippen molar-refractivity contribution in [1.29, 1.82) is 0 Å². The fourth-order valence-corrected chi connectivity index (χ4v) is 3.68. The first-order valence-electron chi connectivity index (χ1n) is 8.93. The Balaban J connectivity index is 1.73. The number of aromatic hydroxyl groups is 1. The summed E-state index contributed by atoms with van der Waals surface area (Å²) in [6.07, 6.45) is 1.78. The lowest BCUT2D eigenvalue weighted by atomic mass is 10.1. The van der Waals surface area contributed by atoms with E-state index in [0.29, 0.717) is 16.7 Å². The number of ether oxygens (including phenoxy) is 1. The minimum Gasteiger partial charge on any atom is -0.508 e. The van der Waals surface area contributed by atoms with Crippen molar-refractivity contribution >= 4 is 17.4 Å². The normalized spacial score (nSPS) is 15.1. The Kier molecular flexibility index (Phi) is 5.11. The van der Waals surface area contributed by atoms with Crippen molar-refractivity contribution in [3.63, 3.8) is 0 Å². The van der Waals surface area contributed by atoms with Crippen LogP contribution in [-0.2, 0) is 0 Å². The number of phenols is 1. The number of hydrogen-bond acceptors (Lipinski definition) is 7. The van der Waals surface area contributed by atoms with Gasteiger partial charge in [0.1, 0.15) is 5.75 Å². The molecule has 2 heterocycles. The summed E-state index contributed by atoms with van der Waals surface area (Å²) in [6, 6.07) is 14.8. The molecule has 0 bridgehead atoms. The average Bonchev–Trinajstić information content (AvgIpc) is 2.85. The summed E-state index contributed by atoms with van der Waals surface area (Å²) in [5.41, 5.74) is 3.31. The SMILES string of the molecule is CCCCSc1nnc2c(n1)O[C@@H](c1ccc(O)cc1)Nc1ccccc1-2. The van der Waals surface area contributed by atoms with Crippen LogP contribution in [-0.4, -0.2) is 26.0 Å². The molecule has 2 aromatic carbocycles. The fourth-order valence-electron chi connectivity index (χ4n) is 2.82. The molecule has 27 heavy (non-hydrogen) atoms. The number of hydrogen-bond donors (Lipinski definition) is 2. The molecule has 1 aromatic heterocycles. The summed E-state index contributed by atoms with van der Waals surface area (Å²) in [5.74, 6) is 1.62. The molecule has 0 saturated carbocycles. The molecule has 7 heteroatoms. The minimum absolute atomic E-state index is 0.215. The molecule has 0 unspecified atom stereocenters. The maximum Gasteiger partial charge on any atom is 0.247 e. The number of para-hydroxylation sites is 1. The van der Waals surface area contributed by atoms with Crippen LogP contribution in [0.25, 0.3) is 11.3 Å². The molecule has 1 aliphatic heterocycles. The van der Waals surface area contributed by atoms with Gasteiger partial charge in [0.25, 0.3) is 0 Å². The molecular formula is C20H20N4O2S. The zero-order valence-corrected chi connectivity index (χ0v) is 15.7. The number of benzene rings is 2. The van der Waals surface area contributed by atoms with Crippen molar-refractivity contribution in [2.24, 2.45) is 0 Å². The molecule has 4 rings (SSSR count). The van der Waals surface area contributed by atoms with Gasteiger partial charge < -0.3 is 15.2 Å². The molecule has 0 saturated heterocycles. The number of unbranched alkanes of at least 4 members (excludes halogenated alkanes) is 1. The maximum absolute atomic E-state index is 9.57. The summed E-state index contributed by atoms with van der Waals surface area (Å²) in [6.45, 7) is 2.16. The minimum atomic E-state index is -0.446. The van der Waals surface area contributed by atoms with E-state index < -0.39 is 6.23 Å². The topological polar surface area (TPSA) is 80.2 Å². The largest absolute Gasteiger partial charge is 0.508 e. The lowest BCUT2D eigenvalue weighted by Crippen LogP contribution is -2.17. The molecule has 0 spiro atoms. The summed E-state index contributed by atoms with van der Waals surface area (Å²) in [5, 5.41) is 22.3. The van der Waals surface area contributed by atoms with Gasteiger partial charge in [-0.25, -0.2) is 0 Å². The van der Waals surface area contributed by atoms with Crippen LogP contribution >= 0.6 is 11.8 Å². The van der Waals surface area contributed by atoms with E-state index in [2.05, 4.69) is 27.4 Å². The highest BCUT2D eigenvalue weighted by atomic mass is 32.2. The monoisotopic (exact) mass is 380 g/mol. The van der Waals surface area contributed by atoms with Crippen LogP contribution in [0.15, 0.2) is 53.7 Å². The van der Waals surface area contributed by atoms with Crippen LogP contribution in [0.2, 0.25) is 0 Å². The van der Waals surface area contributed by atoms with Crippen LogP contribution < -0.4 is 10.1 Å². The van der Waals surface area contributed by atoms with Crippen molar-refractivity contribution in [2.45, 2.75) is 31.1 Å². The first-order valence-corrected chi connectivity index (χ1v) is 9.92. The van der Waals surface area contributed by atoms with Gasteiger partial charge in [0.15, 0.2) is 11.9 Å². The van der Waals surface area contributed by atoms with Crippen molar-refractivity contribution in [3.8, 4) is 22.9 Å². The Morgan fingerprint density at radius 2 is 1.93 bits per heavy atom. The molecule has 0 amide bonds. The summed E-state index contributed by atoms with van der Waals surface area (Å²) in [4.78, 5) is 4.62. The van der Waals surface area contributed by atoms with E-state index in [1.54, 1.807) is 23.9 Å². The molecule has 2 N–H and O–H groups in total. The molecule has 6 nitrogen and oxygen atoms in total. The highest BCUT2D eigenvalue weighted by Gasteiger charge is 2.25. The van der Waals surface area contributed by atoms with Crippen LogP contribution in [0.4, 0.5) is 5.69 Å². The van der Waals surface area contributed by atoms with Gasteiger partial charge >= 0.3 is 0 Å². The van der Waals surface area contributed by atoms with Crippen LogP contribution in [0.5, 0.6) is 11.6 Å². The molecule has 0 aliphatic carbocycles. The van der Waals surface area contributed by atoms with E-state index in [1.807, 2.05) is 36.4 Å². The number of thioether (sulfide) groups is 1. The third-order valence-electron chi connectivity index (χ3n) is 4.26. The van der Waals surface area contributed by atoms with Crippen molar-refractivity contribution < 1.29 is 9.84 Å². The van der Waals surface area contributed by atoms with Crippen molar-refractivity contribution in [2.75, 3.05) is 11.1 Å². The number of phenolic OH excluding ortho intramolecular Hbond substituents is 1. The Morgan fingerprint density at radius 3 is 2.74 bits per heavy atom. The quantitative estimate of drug-likeness (QED) is 0.493. The van der Waals surface area contributed by atoms with E-state index in [4.69, 9.17) is 4.74 Å². The van der Waals surface area contributed by atoms with E-state index in [1.165, 1.54) is 0 Å². The first kappa shape index (κ1) is 17.6. The van der Waals surface area contributed by atoms with Crippen LogP contribution in [0.1, 0.15) is 31.6 Å². The summed E-state index contributed by atoms with van der Waals surface area (Å²) in [7, 11) is 0. The molecule has 3 aromatic rings. The smallest absolute Gasteiger partial charge is 0.247 e. The predicted octanol–water partition coefficient (Wildman–Crippen LogP) is 4.64. The van der Waals surface area contributed by atoms with Crippen LogP contribution in [0.3, 0.4) is 0 Å². The molecule has 0 fully saturated rings. The van der Waals surface area contributed by atoms with Gasteiger partial charge in [-0.2, -0.15) is 4.98 Å². The number of aromatic nitrogens is 3. The van der Waals surface area contributed by atoms with Gasteiger partial charge in [-0.05, 0) is 36.8 Å². The van der Waals surface area contributed by atoms with Crippen molar-refractivity contribution in [1.82, 2.24) is 15.2 Å². The fraction of sp³-hybridized carbons (Fsp3) is 0.250. The second-order valence-electron chi connectivity index (χ2n) is 6.23. The lowest BCUT2D eigenvalue weighted by molar-refractivity contribution is 0.225. The molecular weight excluding hydrogens is 360 g/mol. The zero-order valence-electron chi connectivity index (χ0n) is 14.9. The summed E-state index contributed by atoms with van der Waals surface area (Å²) >= 11 is 1.59. The highest BCUT2D eigenvalue weighted by molar-refractivity contribution is 7.99. The van der Waals surface area contributed by atoms with E-state index in [9.17, 15) is 5.11 Å². The van der Waals surface area contributed by atoms with E-state index >= 15 is 0 Å². The van der Waals surface area contributed by atoms with Gasteiger partial charge in [0, 0.05) is 22.6 Å². The van der Waals surface area contributed by atoms with Gasteiger partial charge in [-0.15, -0.1) is 10.2 Å². The molecule has 0 radical (unpaired) electrons. The number of anilines is 1. The van der Waals surface area contributed by atoms with E-state index in [-0.39, 0.29) is 5.75 Å². The second-order valence-corrected chi connectivity index (χ2v) is 7.29. The zero-order chi connectivity index (χ0) is 18.6. The van der Waals surface area contributed by atoms with E-state index in [0.717, 1.165) is 35.4 Å². The first-order chi connectivity index (χ1) is 13.2. The molecule has 1 aliphatic rings. The van der Waals surface area contributed by atoms with Gasteiger partial charge in [0.2, 0.25) is 11.0 Å². The predicted molar refractivity (Wildman–Crippen MR) is 106 cm³/mol.